The molecular weight excluding hydrogens is 1020 g/mol. The molecule has 0 atom stereocenters. The lowest BCUT2D eigenvalue weighted by Crippen LogP contribution is -2.27. The zero-order valence-electron chi connectivity index (χ0n) is 39.1. The maximum Gasteiger partial charge on any atom is 0.272 e. The predicted octanol–water partition coefficient (Wildman–Crippen LogP) is 6.27. The lowest BCUT2D eigenvalue weighted by molar-refractivity contribution is 0.598. The van der Waals surface area contributed by atoms with Crippen LogP contribution in [0.1, 0.15) is 22.5 Å². The van der Waals surface area contributed by atoms with E-state index in [1.54, 1.807) is 78.9 Å². The summed E-state index contributed by atoms with van der Waals surface area (Å²) in [7, 11) is -10.5. The number of hydrogen-bond acceptors (Lipinski definition) is 14. The fourth-order valence-electron chi connectivity index (χ4n) is 7.36. The summed E-state index contributed by atoms with van der Waals surface area (Å²) in [5, 5.41) is 15.9. The van der Waals surface area contributed by atoms with Gasteiger partial charge in [-0.2, -0.15) is 10.2 Å². The molecular formula is C48H45F2N11O8S4. The van der Waals surface area contributed by atoms with Crippen LogP contribution < -0.4 is 32.0 Å². The van der Waals surface area contributed by atoms with E-state index in [0.29, 0.717) is 74.0 Å². The summed E-state index contributed by atoms with van der Waals surface area (Å²) in [5.41, 5.74) is 18.3. The second kappa shape index (κ2) is 21.8. The highest BCUT2D eigenvalue weighted by atomic mass is 32.2. The number of aromatic nitrogens is 6. The number of amidine groups is 1. The van der Waals surface area contributed by atoms with Gasteiger partial charge in [0.15, 0.2) is 5.17 Å². The molecule has 0 unspecified atom stereocenters. The first-order valence-corrected chi connectivity index (χ1v) is 28.2. The quantitative estimate of drug-likeness (QED) is 0.0451. The maximum atomic E-state index is 14.7. The van der Waals surface area contributed by atoms with Crippen molar-refractivity contribution in [3.05, 3.63) is 176 Å². The number of aromatic amines is 3. The SMILES string of the molecule is CS(=O)(=O)Nc1nc2ccc(-c3cc(Cc4n[nH]c(=O)c5ccccc45)ccc3F)cc2[nH]1.CSC(=NS(C)(=O)=O)NS(C)(=O)=O.Nc1ccc(-c2cc(Cc3n[nH]c(=O)c4ccccc34)ccc2F)cc1N. The molecule has 9 rings (SSSR count). The smallest absolute Gasteiger partial charge is 0.272 e. The van der Waals surface area contributed by atoms with Crippen LogP contribution in [0, 0.1) is 11.6 Å². The average molecular weight is 1070 g/mol. The largest absolute Gasteiger partial charge is 0.397 e. The van der Waals surface area contributed by atoms with Gasteiger partial charge < -0.3 is 16.5 Å². The minimum Gasteiger partial charge on any atom is -0.397 e. The number of nitrogens with two attached hydrogens (primary N) is 2. The van der Waals surface area contributed by atoms with Gasteiger partial charge >= 0.3 is 0 Å². The van der Waals surface area contributed by atoms with E-state index in [1.165, 1.54) is 18.4 Å². The Labute approximate surface area is 420 Å². The number of nitrogens with one attached hydrogen (secondary N) is 5. The molecule has 6 aromatic carbocycles. The number of benzene rings is 6. The second-order valence-corrected chi connectivity index (χ2v) is 22.3. The monoisotopic (exact) mass is 1070 g/mol. The van der Waals surface area contributed by atoms with Gasteiger partial charge in [0.05, 0.1) is 63.3 Å². The van der Waals surface area contributed by atoms with Crippen LogP contribution in [0.4, 0.5) is 26.1 Å². The Kier molecular flexibility index (Phi) is 15.8. The van der Waals surface area contributed by atoms with E-state index in [1.807, 2.05) is 35.1 Å². The van der Waals surface area contributed by atoms with Crippen molar-refractivity contribution >= 4 is 96.9 Å². The molecule has 0 aliphatic heterocycles. The molecule has 73 heavy (non-hydrogen) atoms. The first-order valence-electron chi connectivity index (χ1n) is 21.4. The lowest BCUT2D eigenvalue weighted by Gasteiger charge is -2.10. The molecule has 0 amide bonds. The molecule has 0 fully saturated rings. The van der Waals surface area contributed by atoms with E-state index in [9.17, 15) is 43.6 Å². The van der Waals surface area contributed by atoms with Crippen LogP contribution in [0.25, 0.3) is 54.8 Å². The zero-order valence-corrected chi connectivity index (χ0v) is 42.3. The average Bonchev–Trinajstić information content (AvgIpc) is 3.73. The molecule has 3 heterocycles. The molecule has 0 aliphatic rings. The van der Waals surface area contributed by atoms with Crippen LogP contribution >= 0.6 is 11.8 Å². The molecule has 0 saturated heterocycles. The molecule has 0 aliphatic carbocycles. The number of hydrogen-bond donors (Lipinski definition) is 7. The lowest BCUT2D eigenvalue weighted by atomic mass is 9.98. The number of H-pyrrole nitrogens is 3. The van der Waals surface area contributed by atoms with E-state index in [2.05, 4.69) is 39.5 Å². The normalized spacial score (nSPS) is 11.9. The molecule has 9 aromatic rings. The fraction of sp³-hybridized carbons (Fsp3) is 0.125. The summed E-state index contributed by atoms with van der Waals surface area (Å²) in [5.74, 6) is -0.650. The number of sulfonamides is 3. The Balaban J connectivity index is 0.000000175. The van der Waals surface area contributed by atoms with Gasteiger partial charge in [0.2, 0.25) is 26.0 Å². The third-order valence-corrected chi connectivity index (χ3v) is 13.0. The highest BCUT2D eigenvalue weighted by molar-refractivity contribution is 8.14. The van der Waals surface area contributed by atoms with Crippen LogP contribution in [-0.2, 0) is 42.9 Å². The summed E-state index contributed by atoms with van der Waals surface area (Å²) < 4.78 is 102. The standard InChI is InChI=1S/C23H18FN5O3S.C21H17FN4O.C4H10N2O4S3/c1-33(31,32)29-23-25-19-9-7-14(12-21(19)26-23)17-10-13(6-8-18(17)24)11-20-15-4-2-3-5-16(15)22(30)28-27-20;22-17-7-5-12(9-16(17)13-6-8-18(23)19(24)11-13)10-20-14-3-1-2-4-15(14)21(27)26-25-20;1-11-4(5-12(2,7)8)6-13(3,9)10/h2-10,12H,11H2,1H3,(H,28,30)(H2,25,26,29);1-9,11H,10,23-24H2,(H,26,27);1-3H3,(H,5,6). The summed E-state index contributed by atoms with van der Waals surface area (Å²) in [6.07, 6.45) is 5.21. The number of nitrogen functional groups attached to an aromatic ring is 2. The van der Waals surface area contributed by atoms with Crippen LogP contribution in [-0.4, -0.2) is 85.8 Å². The van der Waals surface area contributed by atoms with Crippen molar-refractivity contribution in [1.82, 2.24) is 35.1 Å². The van der Waals surface area contributed by atoms with Crippen molar-refractivity contribution in [2.24, 2.45) is 4.40 Å². The maximum absolute atomic E-state index is 14.7. The molecule has 0 spiro atoms. The molecule has 0 saturated carbocycles. The molecule has 9 N–H and O–H groups in total. The van der Waals surface area contributed by atoms with Gasteiger partial charge in [-0.15, -0.1) is 4.40 Å². The van der Waals surface area contributed by atoms with E-state index in [0.717, 1.165) is 58.1 Å². The van der Waals surface area contributed by atoms with Crippen LogP contribution in [0.2, 0.25) is 0 Å². The van der Waals surface area contributed by atoms with E-state index in [4.69, 9.17) is 11.5 Å². The Morgan fingerprint density at radius 3 is 1.59 bits per heavy atom. The highest BCUT2D eigenvalue weighted by Gasteiger charge is 2.15. The van der Waals surface area contributed by atoms with Gasteiger partial charge in [-0.1, -0.05) is 72.4 Å². The number of halogens is 2. The van der Waals surface area contributed by atoms with Crippen molar-refractivity contribution in [1.29, 1.82) is 0 Å². The van der Waals surface area contributed by atoms with Crippen molar-refractivity contribution in [2.75, 3.05) is 41.2 Å². The zero-order chi connectivity index (χ0) is 52.8. The van der Waals surface area contributed by atoms with Gasteiger partial charge in [-0.05, 0) is 89.2 Å². The molecule has 0 bridgehead atoms. The predicted molar refractivity (Wildman–Crippen MR) is 285 cm³/mol. The molecule has 19 nitrogen and oxygen atoms in total. The fourth-order valence-corrected chi connectivity index (χ4v) is 10.1. The van der Waals surface area contributed by atoms with Crippen molar-refractivity contribution < 1.29 is 34.0 Å². The molecule has 25 heteroatoms. The summed E-state index contributed by atoms with van der Waals surface area (Å²) in [6, 6.07) is 34.4. The number of fused-ring (bicyclic) bond motifs is 3. The van der Waals surface area contributed by atoms with Crippen LogP contribution in [0.15, 0.2) is 135 Å². The third kappa shape index (κ3) is 13.9. The van der Waals surface area contributed by atoms with Crippen molar-refractivity contribution in [3.63, 3.8) is 0 Å². The minimum atomic E-state index is -3.57. The Bertz CT molecular complexity index is 4080. The minimum absolute atomic E-state index is 0.0925. The van der Waals surface area contributed by atoms with Crippen LogP contribution in [0.3, 0.4) is 0 Å². The molecule has 3 aromatic heterocycles. The Morgan fingerprint density at radius 2 is 1.12 bits per heavy atom. The first-order chi connectivity index (χ1) is 34.4. The number of anilines is 3. The number of thioether (sulfide) groups is 1. The first kappa shape index (κ1) is 52.8. The van der Waals surface area contributed by atoms with E-state index in [-0.39, 0.29) is 28.1 Å². The topological polar surface area (TPSA) is 311 Å². The summed E-state index contributed by atoms with van der Waals surface area (Å²) in [6.45, 7) is 0. The van der Waals surface area contributed by atoms with Gasteiger partial charge in [-0.3, -0.25) is 19.0 Å². The van der Waals surface area contributed by atoms with Gasteiger partial charge in [0, 0.05) is 34.7 Å². The second-order valence-electron chi connectivity index (χ2n) is 16.3. The Morgan fingerprint density at radius 1 is 0.630 bits per heavy atom. The number of nitrogens with zero attached hydrogens (tertiary/aromatic N) is 4. The third-order valence-electron chi connectivity index (χ3n) is 10.5. The molecule has 378 valence electrons. The number of rotatable bonds is 10. The van der Waals surface area contributed by atoms with Gasteiger partial charge in [-0.25, -0.2) is 49.2 Å². The molecule has 0 radical (unpaired) electrons. The van der Waals surface area contributed by atoms with Crippen molar-refractivity contribution in [3.8, 4) is 22.3 Å². The van der Waals surface area contributed by atoms with Crippen molar-refractivity contribution in [2.45, 2.75) is 12.8 Å². The van der Waals surface area contributed by atoms with Gasteiger partial charge in [0.25, 0.3) is 21.1 Å². The van der Waals surface area contributed by atoms with Crippen LogP contribution in [0.5, 0.6) is 0 Å². The number of imidazole rings is 1. The summed E-state index contributed by atoms with van der Waals surface area (Å²) >= 11 is 0.904. The summed E-state index contributed by atoms with van der Waals surface area (Å²) in [4.78, 5) is 31.1. The van der Waals surface area contributed by atoms with Gasteiger partial charge in [0.1, 0.15) is 11.6 Å². The van der Waals surface area contributed by atoms with E-state index >= 15 is 0 Å². The Hall–Kier alpha value is -8.00. The highest BCUT2D eigenvalue weighted by Crippen LogP contribution is 2.31. The van der Waals surface area contributed by atoms with E-state index < -0.39 is 35.9 Å².